The topological polar surface area (TPSA) is 24.9 Å². The van der Waals surface area contributed by atoms with Crippen LogP contribution in [0.25, 0.3) is 0 Å². The fourth-order valence-electron chi connectivity index (χ4n) is 2.39. The monoisotopic (exact) mass is 322 g/mol. The molecule has 1 N–H and O–H groups in total. The van der Waals surface area contributed by atoms with Crippen molar-refractivity contribution in [2.45, 2.75) is 33.1 Å². The first-order chi connectivity index (χ1) is 10.1. The quantitative estimate of drug-likeness (QED) is 0.800. The summed E-state index contributed by atoms with van der Waals surface area (Å²) in [7, 11) is 0. The van der Waals surface area contributed by atoms with Crippen LogP contribution < -0.4 is 5.32 Å². The van der Waals surface area contributed by atoms with Gasteiger partial charge in [-0.1, -0.05) is 43.6 Å². The molecule has 0 aliphatic carbocycles. The number of halogens is 1. The Morgan fingerprint density at radius 2 is 2.00 bits per heavy atom. The molecule has 0 radical (unpaired) electrons. The summed E-state index contributed by atoms with van der Waals surface area (Å²) in [5, 5.41) is 5.54. The minimum absolute atomic E-state index is 0.386. The normalized spacial score (nSPS) is 12.8. The van der Waals surface area contributed by atoms with Crippen molar-refractivity contribution in [3.63, 3.8) is 0 Å². The van der Waals surface area contributed by atoms with Gasteiger partial charge in [0.15, 0.2) is 0 Å². The van der Waals surface area contributed by atoms with Crippen LogP contribution in [0.4, 0.5) is 0 Å². The average Bonchev–Trinajstić information content (AvgIpc) is 2.83. The highest BCUT2D eigenvalue weighted by molar-refractivity contribution is 7.11. The maximum Gasteiger partial charge on any atom is 0.0896 e. The Balaban J connectivity index is 2.12. The Morgan fingerprint density at radius 3 is 2.62 bits per heavy atom. The van der Waals surface area contributed by atoms with E-state index in [2.05, 4.69) is 43.2 Å². The minimum Gasteiger partial charge on any atom is -0.316 e. The number of aryl methyl sites for hydroxylation is 1. The Labute approximate surface area is 136 Å². The summed E-state index contributed by atoms with van der Waals surface area (Å²) in [4.78, 5) is 5.68. The number of nitrogens with zero attached hydrogens (tertiary/aromatic N) is 1. The molecular formula is C17H23ClN2S. The Hall–Kier alpha value is -0.900. The van der Waals surface area contributed by atoms with Crippen molar-refractivity contribution in [3.8, 4) is 0 Å². The van der Waals surface area contributed by atoms with Gasteiger partial charge < -0.3 is 5.32 Å². The fourth-order valence-corrected chi connectivity index (χ4v) is 3.55. The maximum atomic E-state index is 6.39. The van der Waals surface area contributed by atoms with Gasteiger partial charge in [0.25, 0.3) is 0 Å². The summed E-state index contributed by atoms with van der Waals surface area (Å²) < 4.78 is 0. The zero-order chi connectivity index (χ0) is 15.2. The summed E-state index contributed by atoms with van der Waals surface area (Å²) in [6.45, 7) is 8.48. The number of benzene rings is 1. The molecule has 4 heteroatoms. The average molecular weight is 323 g/mol. The van der Waals surface area contributed by atoms with Gasteiger partial charge in [0.05, 0.1) is 5.01 Å². The molecule has 0 saturated heterocycles. The van der Waals surface area contributed by atoms with Crippen LogP contribution in [0.5, 0.6) is 0 Å². The molecule has 0 amide bonds. The van der Waals surface area contributed by atoms with E-state index in [-0.39, 0.29) is 0 Å². The van der Waals surface area contributed by atoms with Gasteiger partial charge in [-0.3, -0.25) is 0 Å². The predicted molar refractivity (Wildman–Crippen MR) is 92.5 cm³/mol. The highest BCUT2D eigenvalue weighted by Crippen LogP contribution is 2.28. The van der Waals surface area contributed by atoms with Crippen LogP contribution in [0, 0.1) is 12.8 Å². The van der Waals surface area contributed by atoms with Crippen molar-refractivity contribution in [3.05, 3.63) is 50.9 Å². The zero-order valence-electron chi connectivity index (χ0n) is 12.9. The number of thiazole rings is 1. The van der Waals surface area contributed by atoms with Crippen LogP contribution in [0.2, 0.25) is 5.02 Å². The summed E-state index contributed by atoms with van der Waals surface area (Å²) in [5.41, 5.74) is 1.22. The number of rotatable bonds is 7. The first kappa shape index (κ1) is 16.5. The highest BCUT2D eigenvalue weighted by Gasteiger charge is 2.16. The van der Waals surface area contributed by atoms with Crippen molar-refractivity contribution in [1.82, 2.24) is 10.3 Å². The minimum atomic E-state index is 0.386. The molecule has 2 rings (SSSR count). The second-order valence-corrected chi connectivity index (χ2v) is 7.55. The molecule has 1 unspecified atom stereocenters. The Bertz CT molecular complexity index is 565. The van der Waals surface area contributed by atoms with Gasteiger partial charge in [-0.25, -0.2) is 4.98 Å². The summed E-state index contributed by atoms with van der Waals surface area (Å²) in [6, 6.07) is 8.16. The molecule has 1 atom stereocenters. The molecule has 0 aliphatic rings. The van der Waals surface area contributed by atoms with E-state index in [4.69, 9.17) is 11.6 Å². The van der Waals surface area contributed by atoms with Crippen LogP contribution in [0.3, 0.4) is 0 Å². The third-order valence-electron chi connectivity index (χ3n) is 3.41. The molecule has 0 saturated carbocycles. The second-order valence-electron chi connectivity index (χ2n) is 5.82. The van der Waals surface area contributed by atoms with E-state index < -0.39 is 0 Å². The van der Waals surface area contributed by atoms with Gasteiger partial charge in [-0.05, 0) is 37.4 Å². The molecule has 0 bridgehead atoms. The molecule has 2 aromatic rings. The summed E-state index contributed by atoms with van der Waals surface area (Å²) >= 11 is 8.17. The number of hydrogen-bond acceptors (Lipinski definition) is 3. The first-order valence-electron chi connectivity index (χ1n) is 7.42. The molecule has 21 heavy (non-hydrogen) atoms. The van der Waals surface area contributed by atoms with E-state index >= 15 is 0 Å². The third-order valence-corrected chi connectivity index (χ3v) is 4.68. The lowest BCUT2D eigenvalue weighted by molar-refractivity contribution is 0.515. The van der Waals surface area contributed by atoms with Crippen LogP contribution in [0.1, 0.15) is 35.2 Å². The highest BCUT2D eigenvalue weighted by atomic mass is 35.5. The van der Waals surface area contributed by atoms with E-state index in [9.17, 15) is 0 Å². The van der Waals surface area contributed by atoms with Gasteiger partial charge in [0.1, 0.15) is 0 Å². The molecule has 1 heterocycles. The number of nitrogens with one attached hydrogen (secondary N) is 1. The van der Waals surface area contributed by atoms with Gasteiger partial charge in [-0.15, -0.1) is 11.3 Å². The lowest BCUT2D eigenvalue weighted by Crippen LogP contribution is -2.26. The number of aromatic nitrogens is 1. The largest absolute Gasteiger partial charge is 0.316 e. The Kier molecular flexibility index (Phi) is 6.22. The molecule has 2 nitrogen and oxygen atoms in total. The SMILES string of the molecule is Cc1ncc(CC(CNCC(C)C)c2ccccc2Cl)s1. The molecule has 0 spiro atoms. The van der Waals surface area contributed by atoms with Crippen molar-refractivity contribution < 1.29 is 0 Å². The van der Waals surface area contributed by atoms with E-state index in [0.29, 0.717) is 11.8 Å². The first-order valence-corrected chi connectivity index (χ1v) is 8.62. The van der Waals surface area contributed by atoms with E-state index in [1.165, 1.54) is 10.4 Å². The van der Waals surface area contributed by atoms with Gasteiger partial charge in [0, 0.05) is 28.6 Å². The van der Waals surface area contributed by atoms with Crippen molar-refractivity contribution in [1.29, 1.82) is 0 Å². The smallest absolute Gasteiger partial charge is 0.0896 e. The molecular weight excluding hydrogens is 300 g/mol. The molecule has 0 fully saturated rings. The maximum absolute atomic E-state index is 6.39. The lowest BCUT2D eigenvalue weighted by atomic mass is 9.95. The van der Waals surface area contributed by atoms with Crippen LogP contribution in [-0.4, -0.2) is 18.1 Å². The summed E-state index contributed by atoms with van der Waals surface area (Å²) in [5.74, 6) is 1.04. The predicted octanol–water partition coefficient (Wildman–Crippen LogP) is 4.68. The second kappa shape index (κ2) is 7.92. The summed E-state index contributed by atoms with van der Waals surface area (Å²) in [6.07, 6.45) is 2.98. The van der Waals surface area contributed by atoms with Gasteiger partial charge in [-0.2, -0.15) is 0 Å². The van der Waals surface area contributed by atoms with E-state index in [1.54, 1.807) is 11.3 Å². The van der Waals surface area contributed by atoms with Crippen molar-refractivity contribution in [2.75, 3.05) is 13.1 Å². The van der Waals surface area contributed by atoms with Crippen LogP contribution >= 0.6 is 22.9 Å². The Morgan fingerprint density at radius 1 is 1.24 bits per heavy atom. The number of hydrogen-bond donors (Lipinski definition) is 1. The van der Waals surface area contributed by atoms with Gasteiger partial charge in [0.2, 0.25) is 0 Å². The van der Waals surface area contributed by atoms with E-state index in [1.807, 2.05) is 18.3 Å². The molecule has 0 aliphatic heterocycles. The molecule has 1 aromatic carbocycles. The zero-order valence-corrected chi connectivity index (χ0v) is 14.5. The van der Waals surface area contributed by atoms with Crippen LogP contribution in [-0.2, 0) is 6.42 Å². The molecule has 1 aromatic heterocycles. The fraction of sp³-hybridized carbons (Fsp3) is 0.471. The standard InChI is InChI=1S/C17H23ClN2S/c1-12(2)9-19-10-14(8-15-11-20-13(3)21-15)16-6-4-5-7-17(16)18/h4-7,11-12,14,19H,8-10H2,1-3H3. The van der Waals surface area contributed by atoms with Gasteiger partial charge >= 0.3 is 0 Å². The molecule has 114 valence electrons. The van der Waals surface area contributed by atoms with Crippen molar-refractivity contribution in [2.24, 2.45) is 5.92 Å². The van der Waals surface area contributed by atoms with Crippen LogP contribution in [0.15, 0.2) is 30.5 Å². The van der Waals surface area contributed by atoms with Crippen molar-refractivity contribution >= 4 is 22.9 Å². The third kappa shape index (κ3) is 5.10. The lowest BCUT2D eigenvalue weighted by Gasteiger charge is -2.19. The van der Waals surface area contributed by atoms with E-state index in [0.717, 1.165) is 29.5 Å².